The zero-order valence-electron chi connectivity index (χ0n) is 9.88. The van der Waals surface area contributed by atoms with Crippen LogP contribution >= 0.6 is 0 Å². The smallest absolute Gasteiger partial charge is 0.222 e. The number of rotatable bonds is 6. The van der Waals surface area contributed by atoms with Crippen molar-refractivity contribution in [1.29, 1.82) is 0 Å². The second kappa shape index (κ2) is 6.80. The summed E-state index contributed by atoms with van der Waals surface area (Å²) >= 11 is 0. The van der Waals surface area contributed by atoms with Crippen molar-refractivity contribution in [3.63, 3.8) is 0 Å². The van der Waals surface area contributed by atoms with Gasteiger partial charge in [-0.25, -0.2) is 0 Å². The molecule has 4 nitrogen and oxygen atoms in total. The summed E-state index contributed by atoms with van der Waals surface area (Å²) in [5, 5.41) is 6.38. The molecule has 0 aromatic heterocycles. The molecule has 1 saturated heterocycles. The molecule has 1 rings (SSSR count). The van der Waals surface area contributed by atoms with Gasteiger partial charge in [0.1, 0.15) is 0 Å². The lowest BCUT2D eigenvalue weighted by Crippen LogP contribution is -2.31. The van der Waals surface area contributed by atoms with E-state index in [1.54, 1.807) is 0 Å². The van der Waals surface area contributed by atoms with Crippen molar-refractivity contribution < 1.29 is 4.79 Å². The fraction of sp³-hybridized carbons (Fsp3) is 0.909. The summed E-state index contributed by atoms with van der Waals surface area (Å²) in [5.41, 5.74) is 0. The molecule has 0 saturated carbocycles. The molecule has 4 heteroatoms. The third kappa shape index (κ3) is 4.62. The van der Waals surface area contributed by atoms with Crippen molar-refractivity contribution in [3.05, 3.63) is 0 Å². The molecule has 0 radical (unpaired) electrons. The lowest BCUT2D eigenvalue weighted by Gasteiger charge is -2.18. The maximum Gasteiger partial charge on any atom is 0.222 e. The van der Waals surface area contributed by atoms with Gasteiger partial charge in [-0.05, 0) is 45.4 Å². The molecule has 0 aliphatic carbocycles. The van der Waals surface area contributed by atoms with Crippen LogP contribution in [0.3, 0.4) is 0 Å². The highest BCUT2D eigenvalue weighted by molar-refractivity contribution is 5.76. The zero-order valence-corrected chi connectivity index (χ0v) is 9.88. The van der Waals surface area contributed by atoms with Crippen molar-refractivity contribution in [2.75, 3.05) is 40.3 Å². The number of amides is 1. The summed E-state index contributed by atoms with van der Waals surface area (Å²) in [7, 11) is 3.84. The van der Waals surface area contributed by atoms with Crippen molar-refractivity contribution in [3.8, 4) is 0 Å². The van der Waals surface area contributed by atoms with Gasteiger partial charge in [-0.15, -0.1) is 0 Å². The first kappa shape index (κ1) is 12.5. The normalized spacial score (nSPS) is 20.5. The van der Waals surface area contributed by atoms with E-state index in [1.807, 2.05) is 19.0 Å². The second-order valence-electron chi connectivity index (χ2n) is 4.34. The van der Waals surface area contributed by atoms with Crippen LogP contribution in [0, 0.1) is 5.92 Å². The minimum absolute atomic E-state index is 0.291. The Balaban J connectivity index is 2.14. The average Bonchev–Trinajstić information content (AvgIpc) is 2.70. The molecule has 0 spiro atoms. The molecule has 1 amide bonds. The van der Waals surface area contributed by atoms with E-state index >= 15 is 0 Å². The number of hydrogen-bond donors (Lipinski definition) is 2. The fourth-order valence-electron chi connectivity index (χ4n) is 1.91. The molecule has 1 heterocycles. The first-order chi connectivity index (χ1) is 7.24. The number of hydrogen-bond acceptors (Lipinski definition) is 3. The van der Waals surface area contributed by atoms with E-state index in [2.05, 4.69) is 10.6 Å². The molecule has 0 aromatic carbocycles. The van der Waals surface area contributed by atoms with Gasteiger partial charge < -0.3 is 15.5 Å². The largest absolute Gasteiger partial charge is 0.346 e. The molecule has 1 aliphatic heterocycles. The molecule has 1 aliphatic rings. The Hall–Kier alpha value is -0.610. The summed E-state index contributed by atoms with van der Waals surface area (Å²) in [6.45, 7) is 3.92. The maximum atomic E-state index is 11.8. The predicted octanol–water partition coefficient (Wildman–Crippen LogP) is 0.0539. The second-order valence-corrected chi connectivity index (χ2v) is 4.34. The van der Waals surface area contributed by atoms with Crippen LogP contribution in [0.4, 0.5) is 0 Å². The van der Waals surface area contributed by atoms with Crippen LogP contribution in [-0.2, 0) is 4.79 Å². The highest BCUT2D eigenvalue weighted by Gasteiger charge is 2.19. The van der Waals surface area contributed by atoms with Gasteiger partial charge in [0.25, 0.3) is 0 Å². The molecular formula is C11H23N3O. The van der Waals surface area contributed by atoms with Crippen LogP contribution in [0.15, 0.2) is 0 Å². The van der Waals surface area contributed by atoms with Gasteiger partial charge in [0.15, 0.2) is 0 Å². The number of nitrogens with one attached hydrogen (secondary N) is 2. The van der Waals surface area contributed by atoms with Crippen LogP contribution in [-0.4, -0.2) is 51.1 Å². The first-order valence-electron chi connectivity index (χ1n) is 5.83. The molecule has 2 N–H and O–H groups in total. The van der Waals surface area contributed by atoms with E-state index in [-0.39, 0.29) is 0 Å². The first-order valence-corrected chi connectivity index (χ1v) is 5.83. The number of carbonyl (C=O) groups excluding carboxylic acids is 1. The summed E-state index contributed by atoms with van der Waals surface area (Å²) in [4.78, 5) is 13.6. The molecule has 88 valence electrons. The average molecular weight is 213 g/mol. The topological polar surface area (TPSA) is 44.4 Å². The van der Waals surface area contributed by atoms with Crippen molar-refractivity contribution in [2.45, 2.75) is 19.3 Å². The molecule has 1 fully saturated rings. The molecule has 15 heavy (non-hydrogen) atoms. The Morgan fingerprint density at radius 1 is 1.60 bits per heavy atom. The fourth-order valence-corrected chi connectivity index (χ4v) is 1.91. The predicted molar refractivity (Wildman–Crippen MR) is 61.8 cm³/mol. The van der Waals surface area contributed by atoms with Gasteiger partial charge in [-0.3, -0.25) is 4.79 Å². The Morgan fingerprint density at radius 2 is 2.40 bits per heavy atom. The van der Waals surface area contributed by atoms with Gasteiger partial charge in [-0.1, -0.05) is 0 Å². The standard InChI is InChI=1S/C11H23N3O/c1-12-5-3-7-14(2)11(15)8-10-4-6-13-9-10/h10,12-13H,3-9H2,1-2H3. The van der Waals surface area contributed by atoms with Crippen molar-refractivity contribution >= 4 is 5.91 Å². The van der Waals surface area contributed by atoms with Crippen LogP contribution < -0.4 is 10.6 Å². The van der Waals surface area contributed by atoms with E-state index in [0.717, 1.165) is 39.0 Å². The van der Waals surface area contributed by atoms with E-state index in [9.17, 15) is 4.79 Å². The van der Waals surface area contributed by atoms with Gasteiger partial charge in [0.05, 0.1) is 0 Å². The Bertz CT molecular complexity index is 190. The quantitative estimate of drug-likeness (QED) is 0.613. The van der Waals surface area contributed by atoms with Crippen LogP contribution in [0.2, 0.25) is 0 Å². The van der Waals surface area contributed by atoms with Gasteiger partial charge in [0, 0.05) is 20.0 Å². The van der Waals surface area contributed by atoms with Crippen molar-refractivity contribution in [2.24, 2.45) is 5.92 Å². The lowest BCUT2D eigenvalue weighted by molar-refractivity contribution is -0.130. The molecule has 1 unspecified atom stereocenters. The van der Waals surface area contributed by atoms with Gasteiger partial charge >= 0.3 is 0 Å². The minimum Gasteiger partial charge on any atom is -0.346 e. The van der Waals surface area contributed by atoms with Gasteiger partial charge in [-0.2, -0.15) is 0 Å². The maximum absolute atomic E-state index is 11.8. The molecule has 0 aromatic rings. The molecular weight excluding hydrogens is 190 g/mol. The third-order valence-corrected chi connectivity index (χ3v) is 2.97. The monoisotopic (exact) mass is 213 g/mol. The summed E-state index contributed by atoms with van der Waals surface area (Å²) in [6, 6.07) is 0. The van der Waals surface area contributed by atoms with Crippen molar-refractivity contribution in [1.82, 2.24) is 15.5 Å². The summed E-state index contributed by atoms with van der Waals surface area (Å²) in [6.07, 6.45) is 2.89. The molecule has 1 atom stereocenters. The third-order valence-electron chi connectivity index (χ3n) is 2.97. The van der Waals surface area contributed by atoms with E-state index in [0.29, 0.717) is 18.2 Å². The SMILES string of the molecule is CNCCCN(C)C(=O)CC1CCNC1. The highest BCUT2D eigenvalue weighted by Crippen LogP contribution is 2.13. The summed E-state index contributed by atoms with van der Waals surface area (Å²) < 4.78 is 0. The van der Waals surface area contributed by atoms with Crippen LogP contribution in [0.5, 0.6) is 0 Å². The Morgan fingerprint density at radius 3 is 3.00 bits per heavy atom. The summed E-state index contributed by atoms with van der Waals surface area (Å²) in [5.74, 6) is 0.851. The minimum atomic E-state index is 0.291. The zero-order chi connectivity index (χ0) is 11.1. The number of nitrogens with zero attached hydrogens (tertiary/aromatic N) is 1. The van der Waals surface area contributed by atoms with Crippen LogP contribution in [0.1, 0.15) is 19.3 Å². The number of carbonyl (C=O) groups is 1. The Kier molecular flexibility index (Phi) is 5.65. The van der Waals surface area contributed by atoms with E-state index in [1.165, 1.54) is 0 Å². The molecule has 0 bridgehead atoms. The van der Waals surface area contributed by atoms with Crippen LogP contribution in [0.25, 0.3) is 0 Å². The highest BCUT2D eigenvalue weighted by atomic mass is 16.2. The van der Waals surface area contributed by atoms with E-state index < -0.39 is 0 Å². The Labute approximate surface area is 92.4 Å². The van der Waals surface area contributed by atoms with E-state index in [4.69, 9.17) is 0 Å². The lowest BCUT2D eigenvalue weighted by atomic mass is 10.0. The van der Waals surface area contributed by atoms with Gasteiger partial charge in [0.2, 0.25) is 5.91 Å².